The molecule has 2 rings (SSSR count). The minimum Gasteiger partial charge on any atom is -0.395 e. The van der Waals surface area contributed by atoms with Crippen LogP contribution in [0.2, 0.25) is 0 Å². The largest absolute Gasteiger partial charge is 0.395 e. The summed E-state index contributed by atoms with van der Waals surface area (Å²) in [5.41, 5.74) is 1.12. The molecule has 0 radical (unpaired) electrons. The molecule has 3 nitrogen and oxygen atoms in total. The number of methoxy groups -OCH3 is 1. The first-order valence-corrected chi connectivity index (χ1v) is 7.59. The molecule has 1 saturated heterocycles. The number of thiophene rings is 1. The van der Waals surface area contributed by atoms with Crippen molar-refractivity contribution in [3.8, 4) is 11.8 Å². The van der Waals surface area contributed by atoms with Gasteiger partial charge in [-0.2, -0.15) is 0 Å². The highest BCUT2D eigenvalue weighted by atomic mass is 32.1. The van der Waals surface area contributed by atoms with Crippen LogP contribution in [0.1, 0.15) is 23.3 Å². The van der Waals surface area contributed by atoms with Crippen LogP contribution in [0.3, 0.4) is 0 Å². The molecule has 0 saturated carbocycles. The molecule has 104 valence electrons. The first-order valence-electron chi connectivity index (χ1n) is 6.71. The Morgan fingerprint density at radius 3 is 3.26 bits per heavy atom. The van der Waals surface area contributed by atoms with Gasteiger partial charge < -0.3 is 9.84 Å². The van der Waals surface area contributed by atoms with E-state index >= 15 is 0 Å². The van der Waals surface area contributed by atoms with Crippen molar-refractivity contribution in [2.75, 3.05) is 33.4 Å². The van der Waals surface area contributed by atoms with Crippen molar-refractivity contribution in [3.63, 3.8) is 0 Å². The molecule has 1 unspecified atom stereocenters. The summed E-state index contributed by atoms with van der Waals surface area (Å²) in [5.74, 6) is 6.83. The summed E-state index contributed by atoms with van der Waals surface area (Å²) >= 11 is 1.77. The highest BCUT2D eigenvalue weighted by molar-refractivity contribution is 7.10. The zero-order valence-corrected chi connectivity index (χ0v) is 12.2. The Bertz CT molecular complexity index is 446. The monoisotopic (exact) mass is 279 g/mol. The second kappa shape index (κ2) is 7.66. The van der Waals surface area contributed by atoms with Crippen molar-refractivity contribution in [3.05, 3.63) is 21.9 Å². The molecule has 2 heterocycles. The molecule has 1 aromatic rings. The Balaban J connectivity index is 1.90. The number of aliphatic hydroxyl groups is 1. The van der Waals surface area contributed by atoms with Gasteiger partial charge in [0.1, 0.15) is 0 Å². The molecule has 1 atom stereocenters. The van der Waals surface area contributed by atoms with Crippen LogP contribution in [-0.4, -0.2) is 43.4 Å². The summed E-state index contributed by atoms with van der Waals surface area (Å²) in [7, 11) is 1.77. The first kappa shape index (κ1) is 14.5. The third kappa shape index (κ3) is 4.32. The highest BCUT2D eigenvalue weighted by Gasteiger charge is 2.22. The molecule has 1 aliphatic rings. The summed E-state index contributed by atoms with van der Waals surface area (Å²) in [4.78, 5) is 3.82. The molecule has 4 heteroatoms. The highest BCUT2D eigenvalue weighted by Crippen LogP contribution is 2.23. The fourth-order valence-electron chi connectivity index (χ4n) is 2.42. The summed E-state index contributed by atoms with van der Waals surface area (Å²) in [6, 6.07) is 2.08. The van der Waals surface area contributed by atoms with Gasteiger partial charge in [-0.1, -0.05) is 11.8 Å². The van der Waals surface area contributed by atoms with Gasteiger partial charge >= 0.3 is 0 Å². The van der Waals surface area contributed by atoms with E-state index in [1.165, 1.54) is 11.3 Å². The third-order valence-corrected chi connectivity index (χ3v) is 4.25. The van der Waals surface area contributed by atoms with Crippen molar-refractivity contribution in [2.24, 2.45) is 5.92 Å². The molecule has 0 spiro atoms. The van der Waals surface area contributed by atoms with Crippen LogP contribution in [0.15, 0.2) is 11.4 Å². The molecule has 1 aliphatic heterocycles. The van der Waals surface area contributed by atoms with Crippen LogP contribution in [0.4, 0.5) is 0 Å². The van der Waals surface area contributed by atoms with Crippen molar-refractivity contribution in [1.29, 1.82) is 0 Å². The predicted molar refractivity (Wildman–Crippen MR) is 78.2 cm³/mol. The topological polar surface area (TPSA) is 32.7 Å². The summed E-state index contributed by atoms with van der Waals surface area (Å²) in [5, 5.41) is 10.9. The first-order chi connectivity index (χ1) is 9.33. The number of hydrogen-bond acceptors (Lipinski definition) is 4. The van der Waals surface area contributed by atoms with Crippen LogP contribution < -0.4 is 0 Å². The number of hydrogen-bond donors (Lipinski definition) is 1. The van der Waals surface area contributed by atoms with Gasteiger partial charge in [-0.3, -0.25) is 4.90 Å². The maximum atomic E-state index is 8.75. The lowest BCUT2D eigenvalue weighted by atomic mass is 10.1. The van der Waals surface area contributed by atoms with Crippen LogP contribution in [-0.2, 0) is 11.3 Å². The van der Waals surface area contributed by atoms with Gasteiger partial charge in [-0.25, -0.2) is 0 Å². The minimum atomic E-state index is 0.136. The van der Waals surface area contributed by atoms with Gasteiger partial charge in [0.05, 0.1) is 13.2 Å². The van der Waals surface area contributed by atoms with E-state index in [1.807, 2.05) is 0 Å². The van der Waals surface area contributed by atoms with E-state index in [0.29, 0.717) is 12.3 Å². The quantitative estimate of drug-likeness (QED) is 0.836. The molecule has 0 aromatic carbocycles. The second-order valence-electron chi connectivity index (χ2n) is 4.88. The van der Waals surface area contributed by atoms with Crippen LogP contribution >= 0.6 is 11.3 Å². The molecular weight excluding hydrogens is 258 g/mol. The van der Waals surface area contributed by atoms with Crippen molar-refractivity contribution >= 4 is 11.3 Å². The minimum absolute atomic E-state index is 0.136. The van der Waals surface area contributed by atoms with Crippen molar-refractivity contribution in [1.82, 2.24) is 4.90 Å². The normalized spacial score (nSPS) is 19.4. The van der Waals surface area contributed by atoms with E-state index in [2.05, 4.69) is 28.2 Å². The molecule has 0 bridgehead atoms. The molecule has 0 amide bonds. The lowest BCUT2D eigenvalue weighted by Crippen LogP contribution is -2.21. The standard InChI is InChI=1S/C15H21NO2S/c1-18-12-13-5-7-16(10-13)11-15-14(6-9-19-15)4-2-3-8-17/h6,9,13,17H,3,5,7-8,10-12H2,1H3. The zero-order chi connectivity index (χ0) is 13.5. The molecular formula is C15H21NO2S. The number of ether oxygens (including phenoxy) is 1. The van der Waals surface area contributed by atoms with Gasteiger partial charge in [0.15, 0.2) is 0 Å². The lowest BCUT2D eigenvalue weighted by molar-refractivity contribution is 0.153. The molecule has 1 N–H and O–H groups in total. The smallest absolute Gasteiger partial charge is 0.0540 e. The summed E-state index contributed by atoms with van der Waals surface area (Å²) in [6.07, 6.45) is 1.78. The number of likely N-dealkylation sites (tertiary alicyclic amines) is 1. The van der Waals surface area contributed by atoms with Crippen molar-refractivity contribution < 1.29 is 9.84 Å². The molecule has 19 heavy (non-hydrogen) atoms. The zero-order valence-electron chi connectivity index (χ0n) is 11.4. The van der Waals surface area contributed by atoms with E-state index in [-0.39, 0.29) is 6.61 Å². The van der Waals surface area contributed by atoms with E-state index < -0.39 is 0 Å². The number of aliphatic hydroxyl groups excluding tert-OH is 1. The van der Waals surface area contributed by atoms with E-state index in [1.54, 1.807) is 18.4 Å². The van der Waals surface area contributed by atoms with E-state index in [4.69, 9.17) is 9.84 Å². The third-order valence-electron chi connectivity index (χ3n) is 3.34. The number of rotatable bonds is 5. The Kier molecular flexibility index (Phi) is 5.87. The Hall–Kier alpha value is -0.860. The van der Waals surface area contributed by atoms with Gasteiger partial charge in [0.2, 0.25) is 0 Å². The van der Waals surface area contributed by atoms with E-state index in [9.17, 15) is 0 Å². The molecule has 1 aromatic heterocycles. The maximum Gasteiger partial charge on any atom is 0.0540 e. The average molecular weight is 279 g/mol. The molecule has 0 aliphatic carbocycles. The second-order valence-corrected chi connectivity index (χ2v) is 5.88. The Morgan fingerprint density at radius 1 is 1.58 bits per heavy atom. The number of nitrogens with zero attached hydrogens (tertiary/aromatic N) is 1. The summed E-state index contributed by atoms with van der Waals surface area (Å²) in [6.45, 7) is 4.26. The van der Waals surface area contributed by atoms with Gasteiger partial charge in [-0.05, 0) is 30.3 Å². The van der Waals surface area contributed by atoms with Crippen LogP contribution in [0, 0.1) is 17.8 Å². The van der Waals surface area contributed by atoms with Gasteiger partial charge in [-0.15, -0.1) is 11.3 Å². The average Bonchev–Trinajstić information content (AvgIpc) is 3.01. The van der Waals surface area contributed by atoms with E-state index in [0.717, 1.165) is 31.8 Å². The molecule has 1 fully saturated rings. The SMILES string of the molecule is COCC1CCN(Cc2sccc2C#CCCO)C1. The van der Waals surface area contributed by atoms with Crippen LogP contribution in [0.5, 0.6) is 0 Å². The Labute approximate surface area is 119 Å². The maximum absolute atomic E-state index is 8.75. The van der Waals surface area contributed by atoms with Gasteiger partial charge in [0, 0.05) is 37.1 Å². The van der Waals surface area contributed by atoms with Gasteiger partial charge in [0.25, 0.3) is 0 Å². The van der Waals surface area contributed by atoms with Crippen LogP contribution in [0.25, 0.3) is 0 Å². The summed E-state index contributed by atoms with van der Waals surface area (Å²) < 4.78 is 5.23. The lowest BCUT2D eigenvalue weighted by Gasteiger charge is -2.15. The Morgan fingerprint density at radius 2 is 2.47 bits per heavy atom. The fourth-order valence-corrected chi connectivity index (χ4v) is 3.29. The predicted octanol–water partition coefficient (Wildman–Crippen LogP) is 1.95. The van der Waals surface area contributed by atoms with Crippen molar-refractivity contribution in [2.45, 2.75) is 19.4 Å². The fraction of sp³-hybridized carbons (Fsp3) is 0.600.